The highest BCUT2D eigenvalue weighted by Gasteiger charge is 2.12. The molecule has 6 nitrogen and oxygen atoms in total. The second kappa shape index (κ2) is 7.58. The normalized spacial score (nSPS) is 10.0. The molecule has 0 saturated carbocycles. The zero-order valence-corrected chi connectivity index (χ0v) is 15.0. The first kappa shape index (κ1) is 17.5. The monoisotopic (exact) mass is 415 g/mol. The Morgan fingerprint density at radius 2 is 2.04 bits per heavy atom. The maximum absolute atomic E-state index is 10.8. The van der Waals surface area contributed by atoms with E-state index in [0.717, 1.165) is 4.47 Å². The minimum Gasteiger partial charge on any atom is -0.494 e. The second-order valence-electron chi connectivity index (χ2n) is 4.35. The fourth-order valence-corrected chi connectivity index (χ4v) is 2.41. The van der Waals surface area contributed by atoms with Crippen molar-refractivity contribution in [3.05, 3.63) is 56.0 Å². The topological polar surface area (TPSA) is 76.4 Å². The zero-order chi connectivity index (χ0) is 17.0. The van der Waals surface area contributed by atoms with E-state index >= 15 is 0 Å². The summed E-state index contributed by atoms with van der Waals surface area (Å²) in [5.41, 5.74) is 1.15. The van der Waals surface area contributed by atoms with Gasteiger partial charge in [-0.1, -0.05) is 11.6 Å². The number of hydrogen-bond donors (Lipinski definition) is 2. The molecule has 0 spiro atoms. The number of nitro groups is 1. The van der Waals surface area contributed by atoms with Gasteiger partial charge in [0, 0.05) is 16.2 Å². The Labute approximate surface area is 151 Å². The van der Waals surface area contributed by atoms with Gasteiger partial charge in [0.05, 0.1) is 28.8 Å². The van der Waals surface area contributed by atoms with Crippen molar-refractivity contribution in [2.24, 2.45) is 0 Å². The molecule has 2 aromatic rings. The van der Waals surface area contributed by atoms with Gasteiger partial charge in [0.2, 0.25) is 0 Å². The molecule has 0 atom stereocenters. The van der Waals surface area contributed by atoms with Crippen molar-refractivity contribution < 1.29 is 9.66 Å². The largest absolute Gasteiger partial charge is 0.494 e. The molecule has 2 N–H and O–H groups in total. The number of hydrogen-bond acceptors (Lipinski definition) is 4. The lowest BCUT2D eigenvalue weighted by molar-refractivity contribution is -0.384. The number of non-ortho nitro benzene ring substituents is 1. The van der Waals surface area contributed by atoms with Crippen LogP contribution in [-0.4, -0.2) is 17.1 Å². The molecule has 0 aliphatic carbocycles. The predicted molar refractivity (Wildman–Crippen MR) is 98.6 cm³/mol. The summed E-state index contributed by atoms with van der Waals surface area (Å²) in [5.74, 6) is 0.317. The summed E-state index contributed by atoms with van der Waals surface area (Å²) in [6.45, 7) is 0. The number of nitrogens with one attached hydrogen (secondary N) is 2. The number of ether oxygens (including phenoxy) is 1. The summed E-state index contributed by atoms with van der Waals surface area (Å²) in [5, 5.41) is 17.5. The predicted octanol–water partition coefficient (Wildman–Crippen LogP) is 4.83. The lowest BCUT2D eigenvalue weighted by Crippen LogP contribution is -2.19. The van der Waals surface area contributed by atoms with E-state index in [-0.39, 0.29) is 5.69 Å². The fraction of sp³-hybridized carbons (Fsp3) is 0.0714. The van der Waals surface area contributed by atoms with Crippen LogP contribution in [0.25, 0.3) is 0 Å². The molecule has 9 heteroatoms. The van der Waals surface area contributed by atoms with Gasteiger partial charge in [-0.3, -0.25) is 10.1 Å². The molecule has 0 amide bonds. The van der Waals surface area contributed by atoms with Crippen LogP contribution in [0.4, 0.5) is 17.1 Å². The van der Waals surface area contributed by atoms with Crippen LogP contribution in [0.1, 0.15) is 0 Å². The minimum atomic E-state index is -0.493. The van der Waals surface area contributed by atoms with E-state index in [1.54, 1.807) is 18.2 Å². The van der Waals surface area contributed by atoms with Crippen LogP contribution in [0.15, 0.2) is 40.9 Å². The number of halogens is 2. The highest BCUT2D eigenvalue weighted by Crippen LogP contribution is 2.29. The van der Waals surface area contributed by atoms with Crippen molar-refractivity contribution in [3.63, 3.8) is 0 Å². The summed E-state index contributed by atoms with van der Waals surface area (Å²) >= 11 is 14.5. The molecular weight excluding hydrogens is 406 g/mol. The van der Waals surface area contributed by atoms with Gasteiger partial charge in [0.15, 0.2) is 5.11 Å². The van der Waals surface area contributed by atoms with Crippen LogP contribution in [0.2, 0.25) is 5.02 Å². The number of rotatable bonds is 4. The van der Waals surface area contributed by atoms with E-state index < -0.39 is 4.92 Å². The van der Waals surface area contributed by atoms with Crippen LogP contribution in [0.5, 0.6) is 5.75 Å². The molecule has 120 valence electrons. The number of anilines is 2. The zero-order valence-electron chi connectivity index (χ0n) is 11.8. The van der Waals surface area contributed by atoms with Gasteiger partial charge in [0.1, 0.15) is 5.75 Å². The molecule has 2 aromatic carbocycles. The molecule has 0 heterocycles. The average Bonchev–Trinajstić information content (AvgIpc) is 2.51. The van der Waals surface area contributed by atoms with Crippen LogP contribution < -0.4 is 15.4 Å². The molecular formula is C14H11BrClN3O3S. The van der Waals surface area contributed by atoms with Crippen molar-refractivity contribution in [2.45, 2.75) is 0 Å². The smallest absolute Gasteiger partial charge is 0.273 e. The molecule has 23 heavy (non-hydrogen) atoms. The molecule has 0 aromatic heterocycles. The standard InChI is InChI=1S/C14H11BrClN3O3S/c1-22-13-7-9(19(20)21)3-5-12(13)18-14(23)17-8-2-4-10(15)11(16)6-8/h2-7H,1H3,(H2,17,18,23). The number of nitrogens with zero attached hydrogens (tertiary/aromatic N) is 1. The molecule has 0 aliphatic heterocycles. The van der Waals surface area contributed by atoms with Crippen LogP contribution >= 0.6 is 39.7 Å². The van der Waals surface area contributed by atoms with Gasteiger partial charge >= 0.3 is 0 Å². The Balaban J connectivity index is 2.13. The number of nitro benzene ring substituents is 1. The van der Waals surface area contributed by atoms with E-state index in [1.807, 2.05) is 0 Å². The molecule has 0 aliphatic rings. The third-order valence-electron chi connectivity index (χ3n) is 2.82. The number of thiocarbonyl (C=S) groups is 1. The van der Waals surface area contributed by atoms with E-state index in [4.69, 9.17) is 28.6 Å². The first-order chi connectivity index (χ1) is 10.9. The summed E-state index contributed by atoms with van der Waals surface area (Å²) < 4.78 is 5.92. The van der Waals surface area contributed by atoms with E-state index in [1.165, 1.54) is 25.3 Å². The average molecular weight is 417 g/mol. The summed E-state index contributed by atoms with van der Waals surface area (Å²) in [7, 11) is 1.43. The third kappa shape index (κ3) is 4.54. The molecule has 0 fully saturated rings. The van der Waals surface area contributed by atoms with Gasteiger partial charge in [-0.2, -0.15) is 0 Å². The fourth-order valence-electron chi connectivity index (χ4n) is 1.76. The maximum atomic E-state index is 10.8. The molecule has 0 saturated heterocycles. The van der Waals surface area contributed by atoms with Gasteiger partial charge in [-0.15, -0.1) is 0 Å². The Morgan fingerprint density at radius 1 is 1.30 bits per heavy atom. The van der Waals surface area contributed by atoms with E-state index in [2.05, 4.69) is 26.6 Å². The lowest BCUT2D eigenvalue weighted by atomic mass is 10.2. The van der Waals surface area contributed by atoms with Crippen molar-refractivity contribution in [2.75, 3.05) is 17.7 Å². The quantitative estimate of drug-likeness (QED) is 0.422. The van der Waals surface area contributed by atoms with Crippen LogP contribution in [-0.2, 0) is 0 Å². The van der Waals surface area contributed by atoms with Crippen molar-refractivity contribution in [1.29, 1.82) is 0 Å². The molecule has 0 radical (unpaired) electrons. The molecule has 0 bridgehead atoms. The second-order valence-corrected chi connectivity index (χ2v) is 6.02. The molecule has 0 unspecified atom stereocenters. The molecule has 2 rings (SSSR count). The summed E-state index contributed by atoms with van der Waals surface area (Å²) in [6, 6.07) is 9.52. The van der Waals surface area contributed by atoms with Crippen LogP contribution in [0, 0.1) is 10.1 Å². The number of methoxy groups -OCH3 is 1. The minimum absolute atomic E-state index is 0.0639. The SMILES string of the molecule is COc1cc([N+](=O)[O-])ccc1NC(=S)Nc1ccc(Br)c(Cl)c1. The lowest BCUT2D eigenvalue weighted by Gasteiger charge is -2.13. The maximum Gasteiger partial charge on any atom is 0.273 e. The van der Waals surface area contributed by atoms with Crippen molar-refractivity contribution >= 4 is 61.9 Å². The number of benzene rings is 2. The third-order valence-corrected chi connectivity index (χ3v) is 4.26. The summed E-state index contributed by atoms with van der Waals surface area (Å²) in [6.07, 6.45) is 0. The van der Waals surface area contributed by atoms with Gasteiger partial charge in [0.25, 0.3) is 5.69 Å². The van der Waals surface area contributed by atoms with Crippen LogP contribution in [0.3, 0.4) is 0 Å². The Hall–Kier alpha value is -1.90. The first-order valence-corrected chi connectivity index (χ1v) is 7.84. The highest BCUT2D eigenvalue weighted by molar-refractivity contribution is 9.10. The summed E-state index contributed by atoms with van der Waals surface area (Å²) in [4.78, 5) is 10.3. The van der Waals surface area contributed by atoms with Gasteiger partial charge in [-0.25, -0.2) is 0 Å². The van der Waals surface area contributed by atoms with E-state index in [0.29, 0.717) is 27.3 Å². The Kier molecular flexibility index (Phi) is 5.75. The first-order valence-electron chi connectivity index (χ1n) is 6.26. The van der Waals surface area contributed by atoms with Crippen molar-refractivity contribution in [3.8, 4) is 5.75 Å². The van der Waals surface area contributed by atoms with E-state index in [9.17, 15) is 10.1 Å². The Morgan fingerprint density at radius 3 is 2.65 bits per heavy atom. The van der Waals surface area contributed by atoms with Gasteiger partial charge in [-0.05, 0) is 52.4 Å². The highest BCUT2D eigenvalue weighted by atomic mass is 79.9. The van der Waals surface area contributed by atoms with Gasteiger partial charge < -0.3 is 15.4 Å². The Bertz CT molecular complexity index is 773. The van der Waals surface area contributed by atoms with Crippen molar-refractivity contribution in [1.82, 2.24) is 0 Å².